The first-order chi connectivity index (χ1) is 6.59. The highest BCUT2D eigenvalue weighted by molar-refractivity contribution is 9.10. The molecular formula is C10H9BrN2S. The standard InChI is InChI=1S/C10H9BrN2S/c1-5-8(11)4-3-7-9(5)12-6(2)13-10(7)14/h3-4H,1-2H3,(H,12,13,14). The van der Waals surface area contributed by atoms with Crippen LogP contribution >= 0.6 is 28.1 Å². The van der Waals surface area contributed by atoms with E-state index in [1.54, 1.807) is 0 Å². The molecule has 1 heterocycles. The first kappa shape index (κ1) is 9.80. The maximum atomic E-state index is 5.20. The van der Waals surface area contributed by atoms with Crippen LogP contribution in [0.2, 0.25) is 0 Å². The molecule has 0 aliphatic carbocycles. The van der Waals surface area contributed by atoms with Crippen molar-refractivity contribution in [2.24, 2.45) is 0 Å². The number of fused-ring (bicyclic) bond motifs is 1. The predicted octanol–water partition coefficient (Wildman–Crippen LogP) is 3.67. The van der Waals surface area contributed by atoms with Crippen molar-refractivity contribution in [3.63, 3.8) is 0 Å². The zero-order valence-corrected chi connectivity index (χ0v) is 10.3. The molecule has 1 aromatic heterocycles. The molecule has 1 N–H and O–H groups in total. The molecule has 2 rings (SSSR count). The summed E-state index contributed by atoms with van der Waals surface area (Å²) >= 11 is 8.69. The summed E-state index contributed by atoms with van der Waals surface area (Å²) in [6, 6.07) is 3.98. The summed E-state index contributed by atoms with van der Waals surface area (Å²) in [5.41, 5.74) is 2.23. The highest BCUT2D eigenvalue weighted by atomic mass is 79.9. The monoisotopic (exact) mass is 268 g/mol. The van der Waals surface area contributed by atoms with Crippen LogP contribution in [0.4, 0.5) is 0 Å². The normalized spacial score (nSPS) is 10.8. The largest absolute Gasteiger partial charge is 0.343 e. The van der Waals surface area contributed by atoms with Crippen LogP contribution in [0.3, 0.4) is 0 Å². The average molecular weight is 269 g/mol. The van der Waals surface area contributed by atoms with Crippen molar-refractivity contribution in [2.45, 2.75) is 13.8 Å². The second-order valence-corrected chi connectivity index (χ2v) is 4.46. The van der Waals surface area contributed by atoms with Crippen LogP contribution in [-0.2, 0) is 0 Å². The van der Waals surface area contributed by atoms with Crippen LogP contribution in [0.1, 0.15) is 11.4 Å². The summed E-state index contributed by atoms with van der Waals surface area (Å²) in [4.78, 5) is 7.45. The number of nitrogens with zero attached hydrogens (tertiary/aromatic N) is 1. The van der Waals surface area contributed by atoms with E-state index >= 15 is 0 Å². The number of aromatic nitrogens is 2. The lowest BCUT2D eigenvalue weighted by Crippen LogP contribution is -1.92. The van der Waals surface area contributed by atoms with Crippen molar-refractivity contribution in [1.82, 2.24) is 9.97 Å². The molecule has 0 bridgehead atoms. The quantitative estimate of drug-likeness (QED) is 0.739. The summed E-state index contributed by atoms with van der Waals surface area (Å²) in [5, 5.41) is 1.01. The van der Waals surface area contributed by atoms with Crippen LogP contribution in [-0.4, -0.2) is 9.97 Å². The van der Waals surface area contributed by atoms with Gasteiger partial charge in [0.25, 0.3) is 0 Å². The van der Waals surface area contributed by atoms with Crippen molar-refractivity contribution in [2.75, 3.05) is 0 Å². The predicted molar refractivity (Wildman–Crippen MR) is 64.1 cm³/mol. The molecule has 2 nitrogen and oxygen atoms in total. The maximum Gasteiger partial charge on any atom is 0.137 e. The molecule has 0 radical (unpaired) electrons. The fourth-order valence-corrected chi connectivity index (χ4v) is 2.08. The van der Waals surface area contributed by atoms with Crippen LogP contribution in [0, 0.1) is 18.5 Å². The molecule has 0 spiro atoms. The van der Waals surface area contributed by atoms with Gasteiger partial charge in [0.15, 0.2) is 0 Å². The van der Waals surface area contributed by atoms with Crippen LogP contribution < -0.4 is 0 Å². The lowest BCUT2D eigenvalue weighted by Gasteiger charge is -2.05. The van der Waals surface area contributed by atoms with Crippen molar-refractivity contribution in [1.29, 1.82) is 0 Å². The Hall–Kier alpha value is -0.740. The molecule has 0 fully saturated rings. The number of aryl methyl sites for hydroxylation is 2. The zero-order valence-electron chi connectivity index (χ0n) is 7.89. The molecular weight excluding hydrogens is 260 g/mol. The lowest BCUT2D eigenvalue weighted by atomic mass is 10.1. The number of halogens is 1. The molecule has 1 aromatic carbocycles. The van der Waals surface area contributed by atoms with E-state index in [0.29, 0.717) is 4.64 Å². The number of hydrogen-bond donors (Lipinski definition) is 1. The molecule has 0 aliphatic heterocycles. The van der Waals surface area contributed by atoms with Crippen LogP contribution in [0.15, 0.2) is 16.6 Å². The molecule has 0 saturated heterocycles. The second kappa shape index (κ2) is 3.44. The first-order valence-corrected chi connectivity index (χ1v) is 5.45. The summed E-state index contributed by atoms with van der Waals surface area (Å²) in [6.07, 6.45) is 0. The number of hydrogen-bond acceptors (Lipinski definition) is 2. The van der Waals surface area contributed by atoms with Gasteiger partial charge in [-0.2, -0.15) is 0 Å². The Kier molecular flexibility index (Phi) is 2.41. The van der Waals surface area contributed by atoms with Crippen molar-refractivity contribution >= 4 is 39.1 Å². The third-order valence-corrected chi connectivity index (χ3v) is 3.37. The molecule has 0 unspecified atom stereocenters. The van der Waals surface area contributed by atoms with Gasteiger partial charge in [-0.05, 0) is 31.5 Å². The van der Waals surface area contributed by atoms with E-state index in [2.05, 4.69) is 32.8 Å². The Balaban J connectivity index is 3.03. The van der Waals surface area contributed by atoms with Gasteiger partial charge in [-0.3, -0.25) is 0 Å². The van der Waals surface area contributed by atoms with Gasteiger partial charge in [0.05, 0.1) is 5.52 Å². The third-order valence-electron chi connectivity index (χ3n) is 2.20. The Labute approximate surface area is 95.5 Å². The molecule has 0 amide bonds. The maximum absolute atomic E-state index is 5.20. The van der Waals surface area contributed by atoms with Crippen molar-refractivity contribution in [3.05, 3.63) is 32.6 Å². The number of rotatable bonds is 0. The molecule has 2 aromatic rings. The molecule has 4 heteroatoms. The van der Waals surface area contributed by atoms with Gasteiger partial charge in [0.1, 0.15) is 10.5 Å². The number of benzene rings is 1. The van der Waals surface area contributed by atoms with E-state index in [1.807, 2.05) is 19.1 Å². The number of nitrogens with one attached hydrogen (secondary N) is 1. The molecule has 72 valence electrons. The fourth-order valence-electron chi connectivity index (χ4n) is 1.45. The third kappa shape index (κ3) is 1.48. The van der Waals surface area contributed by atoms with E-state index in [9.17, 15) is 0 Å². The van der Waals surface area contributed by atoms with Gasteiger partial charge in [-0.25, -0.2) is 4.98 Å². The Morgan fingerprint density at radius 3 is 2.79 bits per heavy atom. The Morgan fingerprint density at radius 1 is 1.36 bits per heavy atom. The minimum Gasteiger partial charge on any atom is -0.343 e. The van der Waals surface area contributed by atoms with Crippen LogP contribution in [0.25, 0.3) is 10.9 Å². The Bertz CT molecular complexity index is 560. The van der Waals surface area contributed by atoms with Gasteiger partial charge in [-0.15, -0.1) is 0 Å². The second-order valence-electron chi connectivity index (χ2n) is 3.22. The molecule has 14 heavy (non-hydrogen) atoms. The van der Waals surface area contributed by atoms with Gasteiger partial charge in [-0.1, -0.05) is 28.1 Å². The molecule has 0 saturated carbocycles. The summed E-state index contributed by atoms with van der Waals surface area (Å²) in [6.45, 7) is 3.96. The summed E-state index contributed by atoms with van der Waals surface area (Å²) < 4.78 is 1.74. The molecule has 0 atom stereocenters. The van der Waals surface area contributed by atoms with Gasteiger partial charge >= 0.3 is 0 Å². The van der Waals surface area contributed by atoms with Crippen LogP contribution in [0.5, 0.6) is 0 Å². The molecule has 0 aliphatic rings. The fraction of sp³-hybridized carbons (Fsp3) is 0.200. The Morgan fingerprint density at radius 2 is 2.07 bits per heavy atom. The topological polar surface area (TPSA) is 28.7 Å². The van der Waals surface area contributed by atoms with Crippen molar-refractivity contribution in [3.8, 4) is 0 Å². The summed E-state index contributed by atoms with van der Waals surface area (Å²) in [7, 11) is 0. The lowest BCUT2D eigenvalue weighted by molar-refractivity contribution is 1.07. The van der Waals surface area contributed by atoms with Gasteiger partial charge in [0.2, 0.25) is 0 Å². The van der Waals surface area contributed by atoms with E-state index in [-0.39, 0.29) is 0 Å². The highest BCUT2D eigenvalue weighted by Gasteiger charge is 2.03. The van der Waals surface area contributed by atoms with E-state index in [1.165, 1.54) is 5.56 Å². The number of H-pyrrole nitrogens is 1. The van der Waals surface area contributed by atoms with Gasteiger partial charge in [0, 0.05) is 9.86 Å². The first-order valence-electron chi connectivity index (χ1n) is 4.25. The number of aromatic amines is 1. The van der Waals surface area contributed by atoms with Gasteiger partial charge < -0.3 is 4.98 Å². The average Bonchev–Trinajstić information content (AvgIpc) is 2.12. The SMILES string of the molecule is Cc1nc(=S)c2ccc(Br)c(C)c2[nH]1. The smallest absolute Gasteiger partial charge is 0.137 e. The van der Waals surface area contributed by atoms with E-state index in [4.69, 9.17) is 12.2 Å². The van der Waals surface area contributed by atoms with E-state index in [0.717, 1.165) is 21.2 Å². The zero-order chi connectivity index (χ0) is 10.3. The highest BCUT2D eigenvalue weighted by Crippen LogP contribution is 2.24. The minimum atomic E-state index is 0.659. The van der Waals surface area contributed by atoms with E-state index < -0.39 is 0 Å². The minimum absolute atomic E-state index is 0.659. The summed E-state index contributed by atoms with van der Waals surface area (Å²) in [5.74, 6) is 0.851. The van der Waals surface area contributed by atoms with Crippen molar-refractivity contribution < 1.29 is 0 Å².